The van der Waals surface area contributed by atoms with E-state index in [-0.39, 0.29) is 6.04 Å². The van der Waals surface area contributed by atoms with Crippen LogP contribution in [0.4, 0.5) is 0 Å². The van der Waals surface area contributed by atoms with E-state index in [4.69, 9.17) is 10.3 Å². The van der Waals surface area contributed by atoms with Crippen LogP contribution < -0.4 is 5.73 Å². The van der Waals surface area contributed by atoms with E-state index >= 15 is 0 Å². The Labute approximate surface area is 116 Å². The van der Waals surface area contributed by atoms with E-state index in [1.807, 2.05) is 16.8 Å². The molecule has 19 heavy (non-hydrogen) atoms. The van der Waals surface area contributed by atoms with E-state index in [0.29, 0.717) is 18.4 Å². The molecule has 3 rings (SSSR count). The molecular weight excluding hydrogens is 260 g/mol. The average molecular weight is 278 g/mol. The first kappa shape index (κ1) is 12.8. The Kier molecular flexibility index (Phi) is 3.63. The maximum atomic E-state index is 6.10. The summed E-state index contributed by atoms with van der Waals surface area (Å²) < 4.78 is 5.29. The van der Waals surface area contributed by atoms with Crippen molar-refractivity contribution in [1.82, 2.24) is 15.0 Å². The zero-order valence-corrected chi connectivity index (χ0v) is 11.8. The Morgan fingerprint density at radius 3 is 3.21 bits per heavy atom. The summed E-state index contributed by atoms with van der Waals surface area (Å²) >= 11 is 1.63. The van der Waals surface area contributed by atoms with E-state index in [1.54, 1.807) is 11.3 Å². The van der Waals surface area contributed by atoms with Crippen molar-refractivity contribution in [3.8, 4) is 11.5 Å². The molecule has 0 aliphatic carbocycles. The molecule has 1 saturated heterocycles. The van der Waals surface area contributed by atoms with Gasteiger partial charge in [0.05, 0.1) is 12.1 Å². The molecule has 5 nitrogen and oxygen atoms in total. The first-order chi connectivity index (χ1) is 9.22. The fraction of sp³-hybridized carbons (Fsp3) is 0.538. The van der Waals surface area contributed by atoms with E-state index < -0.39 is 0 Å². The maximum absolute atomic E-state index is 6.10. The van der Waals surface area contributed by atoms with Gasteiger partial charge in [-0.25, -0.2) is 0 Å². The van der Waals surface area contributed by atoms with Gasteiger partial charge in [-0.2, -0.15) is 16.3 Å². The maximum Gasteiger partial charge on any atom is 0.258 e. The molecule has 0 aromatic carbocycles. The van der Waals surface area contributed by atoms with Crippen LogP contribution >= 0.6 is 11.3 Å². The number of aromatic nitrogens is 2. The molecule has 0 spiro atoms. The summed E-state index contributed by atoms with van der Waals surface area (Å²) in [4.78, 5) is 6.74. The van der Waals surface area contributed by atoms with Crippen molar-refractivity contribution in [2.75, 3.05) is 13.1 Å². The molecule has 2 N–H and O–H groups in total. The molecule has 2 aromatic heterocycles. The molecule has 0 saturated carbocycles. The van der Waals surface area contributed by atoms with Crippen LogP contribution in [-0.2, 0) is 6.54 Å². The zero-order chi connectivity index (χ0) is 13.2. The second-order valence-corrected chi connectivity index (χ2v) is 5.97. The minimum atomic E-state index is 0.247. The lowest BCUT2D eigenvalue weighted by molar-refractivity contribution is 0.157. The topological polar surface area (TPSA) is 68.2 Å². The van der Waals surface area contributed by atoms with E-state index in [1.165, 1.54) is 0 Å². The van der Waals surface area contributed by atoms with Crippen LogP contribution in [0.1, 0.15) is 19.2 Å². The number of thiophene rings is 1. The summed E-state index contributed by atoms with van der Waals surface area (Å²) in [5, 5.41) is 8.06. The standard InChI is InChI=1S/C13H18N4OS/c1-9-2-4-17(6-11(9)14)7-12-15-13(18-16-12)10-3-5-19-8-10/h3,5,8-9,11H,2,4,6-7,14H2,1H3. The largest absolute Gasteiger partial charge is 0.334 e. The van der Waals surface area contributed by atoms with Crippen molar-refractivity contribution in [2.24, 2.45) is 11.7 Å². The highest BCUT2D eigenvalue weighted by Gasteiger charge is 2.24. The van der Waals surface area contributed by atoms with Gasteiger partial charge in [0.15, 0.2) is 5.82 Å². The molecule has 0 bridgehead atoms. The van der Waals surface area contributed by atoms with Crippen molar-refractivity contribution in [1.29, 1.82) is 0 Å². The lowest BCUT2D eigenvalue weighted by Gasteiger charge is -2.34. The van der Waals surface area contributed by atoms with Gasteiger partial charge in [-0.05, 0) is 30.3 Å². The van der Waals surface area contributed by atoms with Crippen molar-refractivity contribution in [3.05, 3.63) is 22.7 Å². The number of likely N-dealkylation sites (tertiary alicyclic amines) is 1. The Bertz CT molecular complexity index is 524. The van der Waals surface area contributed by atoms with Crippen LogP contribution in [-0.4, -0.2) is 34.2 Å². The Morgan fingerprint density at radius 1 is 1.58 bits per heavy atom. The SMILES string of the molecule is CC1CCN(Cc2noc(-c3ccsc3)n2)CC1N. The lowest BCUT2D eigenvalue weighted by atomic mass is 9.94. The van der Waals surface area contributed by atoms with Crippen LogP contribution in [0.2, 0.25) is 0 Å². The monoisotopic (exact) mass is 278 g/mol. The van der Waals surface area contributed by atoms with Gasteiger partial charge in [-0.3, -0.25) is 4.90 Å². The van der Waals surface area contributed by atoms with Gasteiger partial charge in [0.1, 0.15) is 0 Å². The first-order valence-electron chi connectivity index (χ1n) is 6.55. The highest BCUT2D eigenvalue weighted by molar-refractivity contribution is 7.08. The summed E-state index contributed by atoms with van der Waals surface area (Å²) in [6.45, 7) is 4.89. The Morgan fingerprint density at radius 2 is 2.47 bits per heavy atom. The summed E-state index contributed by atoms with van der Waals surface area (Å²) in [6, 6.07) is 2.23. The van der Waals surface area contributed by atoms with Crippen LogP contribution in [0.25, 0.3) is 11.5 Å². The predicted octanol–water partition coefficient (Wildman–Crippen LogP) is 1.97. The third kappa shape index (κ3) is 2.86. The molecule has 1 aliphatic rings. The third-order valence-electron chi connectivity index (χ3n) is 3.70. The van der Waals surface area contributed by atoms with Crippen molar-refractivity contribution >= 4 is 11.3 Å². The van der Waals surface area contributed by atoms with Crippen molar-refractivity contribution < 1.29 is 4.52 Å². The molecule has 0 amide bonds. The van der Waals surface area contributed by atoms with Crippen LogP contribution in [0.15, 0.2) is 21.3 Å². The van der Waals surface area contributed by atoms with E-state index in [0.717, 1.165) is 30.9 Å². The number of nitrogens with two attached hydrogens (primary N) is 1. The molecule has 3 heterocycles. The normalized spacial score (nSPS) is 24.7. The summed E-state index contributed by atoms with van der Waals surface area (Å²) in [5.41, 5.74) is 7.09. The van der Waals surface area contributed by atoms with Crippen LogP contribution in [0.3, 0.4) is 0 Å². The average Bonchev–Trinajstić information content (AvgIpc) is 3.04. The molecule has 1 fully saturated rings. The summed E-state index contributed by atoms with van der Waals surface area (Å²) in [5.74, 6) is 1.94. The second-order valence-electron chi connectivity index (χ2n) is 5.19. The minimum Gasteiger partial charge on any atom is -0.334 e. The van der Waals surface area contributed by atoms with Crippen LogP contribution in [0, 0.1) is 5.92 Å². The van der Waals surface area contributed by atoms with Gasteiger partial charge in [-0.1, -0.05) is 12.1 Å². The highest BCUT2D eigenvalue weighted by atomic mass is 32.1. The first-order valence-corrected chi connectivity index (χ1v) is 7.50. The Hall–Kier alpha value is -1.24. The number of hydrogen-bond acceptors (Lipinski definition) is 6. The van der Waals surface area contributed by atoms with Gasteiger partial charge in [-0.15, -0.1) is 0 Å². The molecule has 2 atom stereocenters. The zero-order valence-electron chi connectivity index (χ0n) is 11.0. The van der Waals surface area contributed by atoms with Crippen molar-refractivity contribution in [2.45, 2.75) is 25.9 Å². The molecule has 1 aliphatic heterocycles. The molecule has 0 radical (unpaired) electrons. The van der Waals surface area contributed by atoms with Crippen LogP contribution in [0.5, 0.6) is 0 Å². The fourth-order valence-corrected chi connectivity index (χ4v) is 2.96. The van der Waals surface area contributed by atoms with Gasteiger partial charge in [0.25, 0.3) is 5.89 Å². The second kappa shape index (κ2) is 5.40. The highest BCUT2D eigenvalue weighted by Crippen LogP contribution is 2.21. The quantitative estimate of drug-likeness (QED) is 0.929. The summed E-state index contributed by atoms with van der Waals surface area (Å²) in [7, 11) is 0. The summed E-state index contributed by atoms with van der Waals surface area (Å²) in [6.07, 6.45) is 1.14. The van der Waals surface area contributed by atoms with E-state index in [9.17, 15) is 0 Å². The van der Waals surface area contributed by atoms with Crippen molar-refractivity contribution in [3.63, 3.8) is 0 Å². The minimum absolute atomic E-state index is 0.247. The fourth-order valence-electron chi connectivity index (χ4n) is 2.33. The van der Waals surface area contributed by atoms with Gasteiger partial charge in [0, 0.05) is 18.0 Å². The molecule has 2 aromatic rings. The lowest BCUT2D eigenvalue weighted by Crippen LogP contribution is -2.47. The smallest absolute Gasteiger partial charge is 0.258 e. The van der Waals surface area contributed by atoms with Gasteiger partial charge in [0.2, 0.25) is 0 Å². The molecule has 6 heteroatoms. The number of nitrogens with zero attached hydrogens (tertiary/aromatic N) is 3. The molecule has 2 unspecified atom stereocenters. The molecule has 102 valence electrons. The number of hydrogen-bond donors (Lipinski definition) is 1. The van der Waals surface area contributed by atoms with Gasteiger partial charge < -0.3 is 10.3 Å². The Balaban J connectivity index is 1.64. The van der Waals surface area contributed by atoms with Gasteiger partial charge >= 0.3 is 0 Å². The third-order valence-corrected chi connectivity index (χ3v) is 4.39. The van der Waals surface area contributed by atoms with E-state index in [2.05, 4.69) is 22.0 Å². The molecular formula is C13H18N4OS. The predicted molar refractivity (Wildman–Crippen MR) is 74.6 cm³/mol. The number of piperidine rings is 1. The number of rotatable bonds is 3.